The van der Waals surface area contributed by atoms with Gasteiger partial charge in [0, 0.05) is 11.1 Å². The fourth-order valence-electron chi connectivity index (χ4n) is 2.13. The molecule has 0 aliphatic heterocycles. The van der Waals surface area contributed by atoms with E-state index in [0.717, 1.165) is 16.8 Å². The third-order valence-corrected chi connectivity index (χ3v) is 3.63. The lowest BCUT2D eigenvalue weighted by Crippen LogP contribution is -2.05. The molecule has 0 atom stereocenters. The van der Waals surface area contributed by atoms with Crippen LogP contribution in [0, 0.1) is 0 Å². The quantitative estimate of drug-likeness (QED) is 0.414. The molecule has 0 amide bonds. The first kappa shape index (κ1) is 15.9. The van der Waals surface area contributed by atoms with Gasteiger partial charge in [0.1, 0.15) is 12.1 Å². The summed E-state index contributed by atoms with van der Waals surface area (Å²) in [4.78, 5) is 12.0. The average molecular weight is 341 g/mol. The van der Waals surface area contributed by atoms with Crippen LogP contribution in [0.2, 0.25) is 5.02 Å². The third-order valence-electron chi connectivity index (χ3n) is 3.30. The van der Waals surface area contributed by atoms with Gasteiger partial charge in [-0.2, -0.15) is 0 Å². The standard InChI is InChI=1S/C17H13ClN4O2/c1-12(15-4-2-3-5-16(15)18)10-17(23)24-14-8-6-13(7-9-14)22-11-19-20-21-22/h2-11H,1H3/b12-10-. The summed E-state index contributed by atoms with van der Waals surface area (Å²) >= 11 is 6.12. The molecule has 0 bridgehead atoms. The maximum Gasteiger partial charge on any atom is 0.336 e. The monoisotopic (exact) mass is 340 g/mol. The van der Waals surface area contributed by atoms with Gasteiger partial charge in [0.05, 0.1) is 5.69 Å². The van der Waals surface area contributed by atoms with E-state index in [0.29, 0.717) is 10.8 Å². The summed E-state index contributed by atoms with van der Waals surface area (Å²) in [6.07, 6.45) is 2.90. The molecular formula is C17H13ClN4O2. The van der Waals surface area contributed by atoms with E-state index in [1.54, 1.807) is 30.3 Å². The van der Waals surface area contributed by atoms with E-state index < -0.39 is 5.97 Å². The number of hydrogen-bond donors (Lipinski definition) is 0. The number of ether oxygens (including phenoxy) is 1. The highest BCUT2D eigenvalue weighted by Crippen LogP contribution is 2.23. The van der Waals surface area contributed by atoms with Crippen LogP contribution in [0.5, 0.6) is 5.75 Å². The van der Waals surface area contributed by atoms with Crippen LogP contribution in [0.3, 0.4) is 0 Å². The van der Waals surface area contributed by atoms with Crippen molar-refractivity contribution in [2.75, 3.05) is 0 Å². The van der Waals surface area contributed by atoms with Gasteiger partial charge in [0.25, 0.3) is 0 Å². The molecule has 0 aliphatic rings. The van der Waals surface area contributed by atoms with E-state index in [-0.39, 0.29) is 0 Å². The van der Waals surface area contributed by atoms with E-state index >= 15 is 0 Å². The summed E-state index contributed by atoms with van der Waals surface area (Å²) in [5.41, 5.74) is 2.30. The Morgan fingerprint density at radius 1 is 1.17 bits per heavy atom. The van der Waals surface area contributed by atoms with Gasteiger partial charge >= 0.3 is 5.97 Å². The number of esters is 1. The first-order valence-corrected chi connectivity index (χ1v) is 7.50. The minimum Gasteiger partial charge on any atom is -0.423 e. The Hall–Kier alpha value is -2.99. The highest BCUT2D eigenvalue weighted by molar-refractivity contribution is 6.32. The number of tetrazole rings is 1. The molecule has 0 unspecified atom stereocenters. The Balaban J connectivity index is 1.71. The molecule has 3 rings (SSSR count). The van der Waals surface area contributed by atoms with Crippen molar-refractivity contribution in [3.63, 3.8) is 0 Å². The number of rotatable bonds is 4. The van der Waals surface area contributed by atoms with Crippen LogP contribution in [0.25, 0.3) is 11.3 Å². The lowest BCUT2D eigenvalue weighted by Gasteiger charge is -2.06. The van der Waals surface area contributed by atoms with Crippen molar-refractivity contribution in [2.24, 2.45) is 0 Å². The van der Waals surface area contributed by atoms with Crippen molar-refractivity contribution >= 4 is 23.1 Å². The lowest BCUT2D eigenvalue weighted by molar-refractivity contribution is -0.128. The largest absolute Gasteiger partial charge is 0.423 e. The second-order valence-electron chi connectivity index (χ2n) is 4.98. The number of aromatic nitrogens is 4. The van der Waals surface area contributed by atoms with E-state index in [2.05, 4.69) is 15.5 Å². The minimum absolute atomic E-state index is 0.431. The molecule has 24 heavy (non-hydrogen) atoms. The fraction of sp³-hybridized carbons (Fsp3) is 0.0588. The number of nitrogens with zero attached hydrogens (tertiary/aromatic N) is 4. The predicted octanol–water partition coefficient (Wildman–Crippen LogP) is 3.32. The molecule has 3 aromatic rings. The highest BCUT2D eigenvalue weighted by atomic mass is 35.5. The van der Waals surface area contributed by atoms with Crippen molar-refractivity contribution in [3.8, 4) is 11.4 Å². The van der Waals surface area contributed by atoms with Gasteiger partial charge in [-0.05, 0) is 58.8 Å². The molecule has 0 aliphatic carbocycles. The minimum atomic E-state index is -0.470. The summed E-state index contributed by atoms with van der Waals surface area (Å²) in [5.74, 6) is -0.0392. The molecular weight excluding hydrogens is 328 g/mol. The molecule has 1 heterocycles. The van der Waals surface area contributed by atoms with Crippen LogP contribution >= 0.6 is 11.6 Å². The Kier molecular flexibility index (Phi) is 4.67. The predicted molar refractivity (Wildman–Crippen MR) is 89.9 cm³/mol. The van der Waals surface area contributed by atoms with E-state index in [1.807, 2.05) is 25.1 Å². The third kappa shape index (κ3) is 3.67. The maximum absolute atomic E-state index is 12.0. The van der Waals surface area contributed by atoms with Crippen LogP contribution in [0.15, 0.2) is 60.9 Å². The molecule has 0 saturated heterocycles. The van der Waals surface area contributed by atoms with Crippen LogP contribution in [0.4, 0.5) is 0 Å². The average Bonchev–Trinajstić information content (AvgIpc) is 3.10. The molecule has 7 heteroatoms. The molecule has 0 saturated carbocycles. The number of allylic oxidation sites excluding steroid dienone is 1. The summed E-state index contributed by atoms with van der Waals surface area (Å²) in [7, 11) is 0. The summed E-state index contributed by atoms with van der Waals surface area (Å²) in [6.45, 7) is 1.81. The highest BCUT2D eigenvalue weighted by Gasteiger charge is 2.07. The van der Waals surface area contributed by atoms with Crippen molar-refractivity contribution in [3.05, 3.63) is 71.5 Å². The number of benzene rings is 2. The number of halogens is 1. The lowest BCUT2D eigenvalue weighted by atomic mass is 10.1. The molecule has 0 spiro atoms. The summed E-state index contributed by atoms with van der Waals surface area (Å²) < 4.78 is 6.81. The topological polar surface area (TPSA) is 69.9 Å². The number of carbonyl (C=O) groups excluding carboxylic acids is 1. The fourth-order valence-corrected chi connectivity index (χ4v) is 2.41. The number of carbonyl (C=O) groups is 1. The summed E-state index contributed by atoms with van der Waals surface area (Å²) in [6, 6.07) is 14.2. The van der Waals surface area contributed by atoms with Crippen LogP contribution < -0.4 is 4.74 Å². The number of hydrogen-bond acceptors (Lipinski definition) is 5. The van der Waals surface area contributed by atoms with Crippen LogP contribution in [-0.4, -0.2) is 26.2 Å². The Morgan fingerprint density at radius 2 is 1.92 bits per heavy atom. The smallest absolute Gasteiger partial charge is 0.336 e. The van der Waals surface area contributed by atoms with Crippen LogP contribution in [0.1, 0.15) is 12.5 Å². The van der Waals surface area contributed by atoms with Gasteiger partial charge in [-0.15, -0.1) is 5.10 Å². The van der Waals surface area contributed by atoms with Crippen molar-refractivity contribution in [1.82, 2.24) is 20.2 Å². The van der Waals surface area contributed by atoms with E-state index in [1.165, 1.54) is 17.1 Å². The molecule has 120 valence electrons. The van der Waals surface area contributed by atoms with Gasteiger partial charge in [-0.3, -0.25) is 0 Å². The maximum atomic E-state index is 12.0. The van der Waals surface area contributed by atoms with Gasteiger partial charge in [-0.25, -0.2) is 9.48 Å². The van der Waals surface area contributed by atoms with Gasteiger partial charge in [-0.1, -0.05) is 29.8 Å². The molecule has 0 fully saturated rings. The molecule has 0 radical (unpaired) electrons. The van der Waals surface area contributed by atoms with Gasteiger partial charge in [0.2, 0.25) is 0 Å². The Labute approximate surface area is 143 Å². The van der Waals surface area contributed by atoms with Crippen LogP contribution in [-0.2, 0) is 4.79 Å². The normalized spacial score (nSPS) is 11.3. The SMILES string of the molecule is C/C(=C/C(=O)Oc1ccc(-n2cnnn2)cc1)c1ccccc1Cl. The first-order valence-electron chi connectivity index (χ1n) is 7.12. The zero-order chi connectivity index (χ0) is 16.9. The van der Waals surface area contributed by atoms with E-state index in [9.17, 15) is 4.79 Å². The zero-order valence-electron chi connectivity index (χ0n) is 12.8. The van der Waals surface area contributed by atoms with E-state index in [4.69, 9.17) is 16.3 Å². The molecule has 6 nitrogen and oxygen atoms in total. The molecule has 0 N–H and O–H groups in total. The van der Waals surface area contributed by atoms with Crippen molar-refractivity contribution in [1.29, 1.82) is 0 Å². The summed E-state index contributed by atoms with van der Waals surface area (Å²) in [5, 5.41) is 11.5. The van der Waals surface area contributed by atoms with Crippen molar-refractivity contribution < 1.29 is 9.53 Å². The zero-order valence-corrected chi connectivity index (χ0v) is 13.5. The second kappa shape index (κ2) is 7.06. The second-order valence-corrected chi connectivity index (χ2v) is 5.38. The van der Waals surface area contributed by atoms with Crippen molar-refractivity contribution in [2.45, 2.75) is 6.92 Å². The van der Waals surface area contributed by atoms with Gasteiger partial charge in [0.15, 0.2) is 0 Å². The Bertz CT molecular complexity index is 874. The molecule has 2 aromatic carbocycles. The Morgan fingerprint density at radius 3 is 2.58 bits per heavy atom. The first-order chi connectivity index (χ1) is 11.6. The van der Waals surface area contributed by atoms with Gasteiger partial charge < -0.3 is 4.74 Å². The molecule has 1 aromatic heterocycles.